The molecule has 0 saturated heterocycles. The molecule has 0 aliphatic heterocycles. The molecule has 10 nitrogen and oxygen atoms in total. The SMILES string of the molecule is CCOC(=O)c1c(NC(=O)C(C)Sc2cccc(NC(=O)/C(=C\c3cccc(OC)c3OC)NC(=O)c3ccccc3)c2)sc2c1CCC(C(C)(C)C)C2. The third kappa shape index (κ3) is 9.72. The van der Waals surface area contributed by atoms with Gasteiger partial charge in [0.1, 0.15) is 10.7 Å². The van der Waals surface area contributed by atoms with Crippen molar-refractivity contribution >= 4 is 63.6 Å². The third-order valence-electron chi connectivity index (χ3n) is 9.24. The summed E-state index contributed by atoms with van der Waals surface area (Å²) in [4.78, 5) is 55.6. The zero-order valence-corrected chi connectivity index (χ0v) is 33.3. The number of carbonyl (C=O) groups is 4. The molecule has 0 fully saturated rings. The number of carbonyl (C=O) groups excluding carboxylic acids is 4. The molecule has 1 aromatic heterocycles. The number of hydrogen-bond acceptors (Lipinski definition) is 9. The average Bonchev–Trinajstić information content (AvgIpc) is 3.51. The van der Waals surface area contributed by atoms with Crippen LogP contribution in [0.4, 0.5) is 10.7 Å². The standard InChI is InChI=1S/C42H47N3O7S2/c1-8-52-41(49)35-31-21-20-28(42(3,4)5)23-34(31)54-40(35)45-37(46)25(2)53-30-18-13-17-29(24-30)43-39(48)32(44-38(47)26-14-10-9-11-15-26)22-27-16-12-19-33(50-6)36(27)51-7/h9-19,22,24-25,28H,8,20-21,23H2,1-7H3,(H,43,48)(H,44,47)(H,45,46)/b32-22+. The first kappa shape index (κ1) is 40.1. The lowest BCUT2D eigenvalue weighted by Gasteiger charge is -2.33. The van der Waals surface area contributed by atoms with Crippen molar-refractivity contribution in [3.05, 3.63) is 106 Å². The predicted octanol–water partition coefficient (Wildman–Crippen LogP) is 8.62. The smallest absolute Gasteiger partial charge is 0.341 e. The summed E-state index contributed by atoms with van der Waals surface area (Å²) in [5, 5.41) is 8.64. The van der Waals surface area contributed by atoms with Crippen LogP contribution in [0.2, 0.25) is 0 Å². The zero-order chi connectivity index (χ0) is 39.0. The van der Waals surface area contributed by atoms with Gasteiger partial charge in [0.05, 0.1) is 31.6 Å². The summed E-state index contributed by atoms with van der Waals surface area (Å²) >= 11 is 2.78. The van der Waals surface area contributed by atoms with Gasteiger partial charge in [0.15, 0.2) is 11.5 Å². The number of anilines is 2. The minimum absolute atomic E-state index is 0.0222. The minimum Gasteiger partial charge on any atom is -0.493 e. The molecule has 3 N–H and O–H groups in total. The molecule has 2 unspecified atom stereocenters. The molecule has 0 spiro atoms. The summed E-state index contributed by atoms with van der Waals surface area (Å²) in [5.74, 6) is -0.368. The number of fused-ring (bicyclic) bond motifs is 1. The summed E-state index contributed by atoms with van der Waals surface area (Å²) in [7, 11) is 3.01. The van der Waals surface area contributed by atoms with Crippen LogP contribution in [0.5, 0.6) is 11.5 Å². The van der Waals surface area contributed by atoms with Gasteiger partial charge in [0.2, 0.25) is 5.91 Å². The fourth-order valence-corrected chi connectivity index (χ4v) is 8.52. The number of rotatable bonds is 13. The van der Waals surface area contributed by atoms with Crippen LogP contribution in [0.15, 0.2) is 83.4 Å². The molecule has 54 heavy (non-hydrogen) atoms. The molecule has 2 atom stereocenters. The summed E-state index contributed by atoms with van der Waals surface area (Å²) in [6.45, 7) is 10.5. The molecule has 5 rings (SSSR count). The molecule has 12 heteroatoms. The number of benzene rings is 3. The van der Waals surface area contributed by atoms with Crippen molar-refractivity contribution in [2.24, 2.45) is 11.3 Å². The van der Waals surface area contributed by atoms with E-state index in [2.05, 4.69) is 36.7 Å². The molecule has 1 heterocycles. The molecule has 0 saturated carbocycles. The lowest BCUT2D eigenvalue weighted by Crippen LogP contribution is -2.30. The van der Waals surface area contributed by atoms with E-state index in [9.17, 15) is 19.2 Å². The van der Waals surface area contributed by atoms with E-state index in [-0.39, 0.29) is 23.6 Å². The fraction of sp³-hybridized carbons (Fsp3) is 0.333. The van der Waals surface area contributed by atoms with Crippen molar-refractivity contribution in [1.29, 1.82) is 0 Å². The number of thioether (sulfide) groups is 1. The van der Waals surface area contributed by atoms with E-state index in [1.54, 1.807) is 80.6 Å². The highest BCUT2D eigenvalue weighted by Crippen LogP contribution is 2.45. The van der Waals surface area contributed by atoms with Crippen LogP contribution in [0, 0.1) is 11.3 Å². The Labute approximate surface area is 325 Å². The Morgan fingerprint density at radius 2 is 1.70 bits per heavy atom. The van der Waals surface area contributed by atoms with E-state index in [0.29, 0.717) is 44.8 Å². The van der Waals surface area contributed by atoms with Gasteiger partial charge in [-0.25, -0.2) is 4.79 Å². The molecule has 3 amide bonds. The van der Waals surface area contributed by atoms with Gasteiger partial charge in [-0.1, -0.05) is 57.2 Å². The summed E-state index contributed by atoms with van der Waals surface area (Å²) in [5.41, 5.74) is 2.92. The second kappa shape index (κ2) is 17.8. The Bertz CT molecular complexity index is 2030. The number of ether oxygens (including phenoxy) is 3. The number of esters is 1. The Kier molecular flexibility index (Phi) is 13.3. The average molecular weight is 770 g/mol. The van der Waals surface area contributed by atoms with E-state index >= 15 is 0 Å². The van der Waals surface area contributed by atoms with Crippen LogP contribution in [0.1, 0.15) is 77.8 Å². The van der Waals surface area contributed by atoms with Gasteiger partial charge in [-0.3, -0.25) is 14.4 Å². The summed E-state index contributed by atoms with van der Waals surface area (Å²) in [6.07, 6.45) is 4.12. The lowest BCUT2D eigenvalue weighted by molar-refractivity contribution is -0.115. The number of methoxy groups -OCH3 is 2. The third-order valence-corrected chi connectivity index (χ3v) is 11.5. The van der Waals surface area contributed by atoms with E-state index in [1.807, 2.05) is 6.07 Å². The molecule has 1 aliphatic carbocycles. The monoisotopic (exact) mass is 769 g/mol. The highest BCUT2D eigenvalue weighted by atomic mass is 32.2. The van der Waals surface area contributed by atoms with Gasteiger partial charge in [0.25, 0.3) is 11.8 Å². The number of amides is 3. The van der Waals surface area contributed by atoms with E-state index < -0.39 is 23.0 Å². The summed E-state index contributed by atoms with van der Waals surface area (Å²) in [6, 6.07) is 20.9. The quantitative estimate of drug-likeness (QED) is 0.0700. The van der Waals surface area contributed by atoms with Crippen LogP contribution >= 0.6 is 23.1 Å². The zero-order valence-electron chi connectivity index (χ0n) is 31.7. The fourth-order valence-electron chi connectivity index (χ4n) is 6.27. The van der Waals surface area contributed by atoms with E-state index in [1.165, 1.54) is 43.4 Å². The van der Waals surface area contributed by atoms with Crippen LogP contribution in [-0.4, -0.2) is 49.8 Å². The molecular weight excluding hydrogens is 723 g/mol. The minimum atomic E-state index is -0.570. The highest BCUT2D eigenvalue weighted by Gasteiger charge is 2.35. The van der Waals surface area contributed by atoms with Crippen LogP contribution in [0.3, 0.4) is 0 Å². The van der Waals surface area contributed by atoms with E-state index in [4.69, 9.17) is 14.2 Å². The van der Waals surface area contributed by atoms with Crippen LogP contribution in [-0.2, 0) is 27.2 Å². The topological polar surface area (TPSA) is 132 Å². The molecule has 0 radical (unpaired) electrons. The van der Waals surface area contributed by atoms with Gasteiger partial charge in [-0.05, 0) is 92.5 Å². The molecule has 4 aromatic rings. The Morgan fingerprint density at radius 3 is 2.39 bits per heavy atom. The highest BCUT2D eigenvalue weighted by molar-refractivity contribution is 8.00. The van der Waals surface area contributed by atoms with Crippen LogP contribution in [0.25, 0.3) is 6.08 Å². The van der Waals surface area contributed by atoms with Crippen molar-refractivity contribution in [3.63, 3.8) is 0 Å². The molecule has 0 bridgehead atoms. The number of hydrogen-bond donors (Lipinski definition) is 3. The predicted molar refractivity (Wildman–Crippen MR) is 216 cm³/mol. The maximum atomic E-state index is 13.8. The largest absolute Gasteiger partial charge is 0.493 e. The Hall–Kier alpha value is -5.07. The lowest BCUT2D eigenvalue weighted by atomic mass is 9.72. The van der Waals surface area contributed by atoms with Crippen molar-refractivity contribution in [2.75, 3.05) is 31.5 Å². The molecule has 284 valence electrons. The van der Waals surface area contributed by atoms with Crippen molar-refractivity contribution < 1.29 is 33.4 Å². The van der Waals surface area contributed by atoms with Gasteiger partial charge < -0.3 is 30.2 Å². The Morgan fingerprint density at radius 1 is 0.963 bits per heavy atom. The number of thiophene rings is 1. The van der Waals surface area contributed by atoms with Gasteiger partial charge in [-0.2, -0.15) is 0 Å². The first-order valence-electron chi connectivity index (χ1n) is 17.8. The number of para-hydroxylation sites is 1. The maximum Gasteiger partial charge on any atom is 0.341 e. The van der Waals surface area contributed by atoms with Gasteiger partial charge in [0, 0.05) is 26.6 Å². The first-order chi connectivity index (χ1) is 25.8. The Balaban J connectivity index is 1.33. The first-order valence-corrected chi connectivity index (χ1v) is 19.5. The van der Waals surface area contributed by atoms with Crippen molar-refractivity contribution in [2.45, 2.75) is 64.0 Å². The van der Waals surface area contributed by atoms with E-state index in [0.717, 1.165) is 34.6 Å². The molecule has 1 aliphatic rings. The van der Waals surface area contributed by atoms with Crippen molar-refractivity contribution in [3.8, 4) is 11.5 Å². The molecular formula is C42H47N3O7S2. The summed E-state index contributed by atoms with van der Waals surface area (Å²) < 4.78 is 16.4. The van der Waals surface area contributed by atoms with Gasteiger partial charge in [-0.15, -0.1) is 23.1 Å². The second-order valence-electron chi connectivity index (χ2n) is 13.9. The maximum absolute atomic E-state index is 13.8. The second-order valence-corrected chi connectivity index (χ2v) is 16.4. The van der Waals surface area contributed by atoms with Crippen molar-refractivity contribution in [1.82, 2.24) is 5.32 Å². The molecule has 3 aromatic carbocycles. The number of nitrogens with one attached hydrogen (secondary N) is 3. The normalized spacial score (nSPS) is 14.6. The van der Waals surface area contributed by atoms with Gasteiger partial charge >= 0.3 is 5.97 Å². The van der Waals surface area contributed by atoms with Crippen LogP contribution < -0.4 is 25.4 Å².